The number of hydrogen-bond acceptors (Lipinski definition) is 6. The standard InChI is InChI=1S/C21H27N3O6S2/c1-3-23(4-2)31(26,27)20-11-7-18(8-12-20)22-21(25)17-5-9-19(10-6-17)32(28,29)24-13-15-30-16-14-24/h5-12H,3-4,13-16H2,1-2H3,(H,22,25). The van der Waals surface area contributed by atoms with Gasteiger partial charge in [0.2, 0.25) is 20.0 Å². The second kappa shape index (κ2) is 10.1. The number of ether oxygens (including phenoxy) is 1. The molecule has 0 aromatic heterocycles. The predicted octanol–water partition coefficient (Wildman–Crippen LogP) is 1.99. The Labute approximate surface area is 189 Å². The largest absolute Gasteiger partial charge is 0.379 e. The van der Waals surface area contributed by atoms with Crippen molar-refractivity contribution in [2.24, 2.45) is 0 Å². The highest BCUT2D eigenvalue weighted by Crippen LogP contribution is 2.20. The zero-order chi connectivity index (χ0) is 23.4. The van der Waals surface area contributed by atoms with Gasteiger partial charge >= 0.3 is 0 Å². The molecule has 1 heterocycles. The van der Waals surface area contributed by atoms with E-state index in [1.54, 1.807) is 13.8 Å². The van der Waals surface area contributed by atoms with Gasteiger partial charge in [-0.05, 0) is 48.5 Å². The minimum Gasteiger partial charge on any atom is -0.379 e. The highest BCUT2D eigenvalue weighted by molar-refractivity contribution is 7.89. The lowest BCUT2D eigenvalue weighted by molar-refractivity contribution is 0.0730. The summed E-state index contributed by atoms with van der Waals surface area (Å²) in [6.07, 6.45) is 0. The second-order valence-corrected chi connectivity index (χ2v) is 11.0. The van der Waals surface area contributed by atoms with Gasteiger partial charge in [0.05, 0.1) is 23.0 Å². The van der Waals surface area contributed by atoms with Crippen molar-refractivity contribution < 1.29 is 26.4 Å². The van der Waals surface area contributed by atoms with Gasteiger partial charge in [0.25, 0.3) is 5.91 Å². The molecule has 0 atom stereocenters. The highest BCUT2D eigenvalue weighted by atomic mass is 32.2. The number of benzene rings is 2. The van der Waals surface area contributed by atoms with Gasteiger partial charge in [0.15, 0.2) is 0 Å². The summed E-state index contributed by atoms with van der Waals surface area (Å²) in [6, 6.07) is 11.6. The first-order valence-electron chi connectivity index (χ1n) is 10.3. The van der Waals surface area contributed by atoms with Crippen molar-refractivity contribution >= 4 is 31.6 Å². The number of amides is 1. The molecule has 0 bridgehead atoms. The van der Waals surface area contributed by atoms with E-state index in [1.807, 2.05) is 0 Å². The number of nitrogens with one attached hydrogen (secondary N) is 1. The molecular weight excluding hydrogens is 454 g/mol. The topological polar surface area (TPSA) is 113 Å². The molecular formula is C21H27N3O6S2. The van der Waals surface area contributed by atoms with Crippen LogP contribution in [0.5, 0.6) is 0 Å². The summed E-state index contributed by atoms with van der Waals surface area (Å²) in [4.78, 5) is 12.8. The van der Waals surface area contributed by atoms with E-state index in [-0.39, 0.29) is 15.4 Å². The number of rotatable bonds is 8. The number of carbonyl (C=O) groups excluding carboxylic acids is 1. The molecule has 1 fully saturated rings. The van der Waals surface area contributed by atoms with Crippen LogP contribution in [-0.2, 0) is 24.8 Å². The number of anilines is 1. The van der Waals surface area contributed by atoms with Crippen LogP contribution >= 0.6 is 0 Å². The van der Waals surface area contributed by atoms with Gasteiger partial charge in [0, 0.05) is 37.4 Å². The fourth-order valence-corrected chi connectivity index (χ4v) is 6.21. The Hall–Kier alpha value is -2.31. The maximum Gasteiger partial charge on any atom is 0.255 e. The maximum atomic E-state index is 12.7. The molecule has 0 unspecified atom stereocenters. The molecule has 11 heteroatoms. The maximum absolute atomic E-state index is 12.7. The van der Waals surface area contributed by atoms with Crippen LogP contribution < -0.4 is 5.32 Å². The van der Waals surface area contributed by atoms with Crippen LogP contribution in [0, 0.1) is 0 Å². The fourth-order valence-electron chi connectivity index (χ4n) is 3.34. The van der Waals surface area contributed by atoms with Gasteiger partial charge in [-0.3, -0.25) is 4.79 Å². The molecule has 174 valence electrons. The molecule has 0 radical (unpaired) electrons. The monoisotopic (exact) mass is 481 g/mol. The zero-order valence-electron chi connectivity index (χ0n) is 18.0. The second-order valence-electron chi connectivity index (χ2n) is 7.11. The van der Waals surface area contributed by atoms with Crippen LogP contribution in [-0.4, -0.2) is 70.7 Å². The average molecular weight is 482 g/mol. The molecule has 0 saturated carbocycles. The fraction of sp³-hybridized carbons (Fsp3) is 0.381. The third-order valence-corrected chi connectivity index (χ3v) is 9.16. The molecule has 9 nitrogen and oxygen atoms in total. The summed E-state index contributed by atoms with van der Waals surface area (Å²) in [5, 5.41) is 2.69. The van der Waals surface area contributed by atoms with E-state index in [4.69, 9.17) is 4.74 Å². The number of carbonyl (C=O) groups is 1. The summed E-state index contributed by atoms with van der Waals surface area (Å²) in [5.74, 6) is -0.431. The Kier molecular flexibility index (Phi) is 7.67. The van der Waals surface area contributed by atoms with Crippen LogP contribution in [0.15, 0.2) is 58.3 Å². The molecule has 32 heavy (non-hydrogen) atoms. The zero-order valence-corrected chi connectivity index (χ0v) is 19.7. The Morgan fingerprint density at radius 3 is 1.97 bits per heavy atom. The summed E-state index contributed by atoms with van der Waals surface area (Å²) in [5.41, 5.74) is 0.712. The first-order chi connectivity index (χ1) is 15.2. The average Bonchev–Trinajstić information content (AvgIpc) is 2.80. The molecule has 1 aliphatic rings. The summed E-state index contributed by atoms with van der Waals surface area (Å²) in [7, 11) is -7.21. The minimum absolute atomic E-state index is 0.113. The van der Waals surface area contributed by atoms with Crippen molar-refractivity contribution in [1.29, 1.82) is 0 Å². The molecule has 2 aromatic carbocycles. The molecule has 1 aliphatic heterocycles. The van der Waals surface area contributed by atoms with Crippen molar-refractivity contribution in [3.8, 4) is 0 Å². The molecule has 1 N–H and O–H groups in total. The van der Waals surface area contributed by atoms with Crippen LogP contribution in [0.3, 0.4) is 0 Å². The molecule has 0 spiro atoms. The Balaban J connectivity index is 1.70. The summed E-state index contributed by atoms with van der Waals surface area (Å²) >= 11 is 0. The number of sulfonamides is 2. The van der Waals surface area contributed by atoms with Crippen LogP contribution in [0.1, 0.15) is 24.2 Å². The quantitative estimate of drug-likeness (QED) is 0.617. The van der Waals surface area contributed by atoms with E-state index in [0.29, 0.717) is 45.1 Å². The van der Waals surface area contributed by atoms with E-state index >= 15 is 0 Å². The minimum atomic E-state index is -3.63. The molecule has 0 aliphatic carbocycles. The molecule has 2 aromatic rings. The number of nitrogens with zero attached hydrogens (tertiary/aromatic N) is 2. The predicted molar refractivity (Wildman–Crippen MR) is 121 cm³/mol. The van der Waals surface area contributed by atoms with E-state index in [1.165, 1.54) is 57.1 Å². The smallest absolute Gasteiger partial charge is 0.255 e. The SMILES string of the molecule is CCN(CC)S(=O)(=O)c1ccc(NC(=O)c2ccc(S(=O)(=O)N3CCOCC3)cc2)cc1. The van der Waals surface area contributed by atoms with Crippen molar-refractivity contribution in [2.75, 3.05) is 44.7 Å². The van der Waals surface area contributed by atoms with Gasteiger partial charge in [-0.2, -0.15) is 8.61 Å². The lowest BCUT2D eigenvalue weighted by Crippen LogP contribution is -2.40. The molecule has 1 saturated heterocycles. The van der Waals surface area contributed by atoms with Crippen molar-refractivity contribution in [2.45, 2.75) is 23.6 Å². The first kappa shape index (κ1) is 24.3. The molecule has 3 rings (SSSR count). The van der Waals surface area contributed by atoms with Gasteiger partial charge in [-0.1, -0.05) is 13.8 Å². The lowest BCUT2D eigenvalue weighted by atomic mass is 10.2. The van der Waals surface area contributed by atoms with E-state index in [2.05, 4.69) is 5.32 Å². The van der Waals surface area contributed by atoms with E-state index in [0.717, 1.165) is 0 Å². The van der Waals surface area contributed by atoms with Gasteiger partial charge in [-0.15, -0.1) is 0 Å². The number of hydrogen-bond donors (Lipinski definition) is 1. The van der Waals surface area contributed by atoms with Crippen LogP contribution in [0.4, 0.5) is 5.69 Å². The highest BCUT2D eigenvalue weighted by Gasteiger charge is 2.26. The summed E-state index contributed by atoms with van der Waals surface area (Å²) < 4.78 is 58.4. The van der Waals surface area contributed by atoms with Gasteiger partial charge in [0.1, 0.15) is 0 Å². The Morgan fingerprint density at radius 2 is 1.44 bits per heavy atom. The molecule has 1 amide bonds. The van der Waals surface area contributed by atoms with E-state index in [9.17, 15) is 21.6 Å². The normalized spacial score (nSPS) is 15.6. The van der Waals surface area contributed by atoms with Crippen LogP contribution in [0.25, 0.3) is 0 Å². The third-order valence-electron chi connectivity index (χ3n) is 5.18. The first-order valence-corrected chi connectivity index (χ1v) is 13.2. The van der Waals surface area contributed by atoms with Gasteiger partial charge in [-0.25, -0.2) is 16.8 Å². The Morgan fingerprint density at radius 1 is 0.906 bits per heavy atom. The third kappa shape index (κ3) is 5.18. The van der Waals surface area contributed by atoms with Crippen molar-refractivity contribution in [3.05, 3.63) is 54.1 Å². The van der Waals surface area contributed by atoms with Crippen molar-refractivity contribution in [1.82, 2.24) is 8.61 Å². The number of morpholine rings is 1. The Bertz CT molecular complexity index is 1140. The van der Waals surface area contributed by atoms with Gasteiger partial charge < -0.3 is 10.1 Å². The van der Waals surface area contributed by atoms with Crippen LogP contribution in [0.2, 0.25) is 0 Å². The van der Waals surface area contributed by atoms with E-state index < -0.39 is 26.0 Å². The lowest BCUT2D eigenvalue weighted by Gasteiger charge is -2.26. The van der Waals surface area contributed by atoms with Crippen molar-refractivity contribution in [3.63, 3.8) is 0 Å². The summed E-state index contributed by atoms with van der Waals surface area (Å²) in [6.45, 7) is 5.59.